The first-order chi connectivity index (χ1) is 10.2. The fourth-order valence-electron chi connectivity index (χ4n) is 2.54. The Balaban J connectivity index is 2.19. The molecule has 1 N–H and O–H groups in total. The molecule has 1 unspecified atom stereocenters. The molecule has 0 spiro atoms. The van der Waals surface area contributed by atoms with Crippen LogP contribution in [0.25, 0.3) is 5.69 Å². The van der Waals surface area contributed by atoms with Gasteiger partial charge in [0, 0.05) is 0 Å². The Morgan fingerprint density at radius 3 is 2.48 bits per heavy atom. The van der Waals surface area contributed by atoms with Crippen molar-refractivity contribution in [1.82, 2.24) is 20.3 Å². The van der Waals surface area contributed by atoms with Crippen molar-refractivity contribution in [1.29, 1.82) is 0 Å². The largest absolute Gasteiger partial charge is 0.309 e. The third-order valence-corrected chi connectivity index (χ3v) is 3.76. The van der Waals surface area contributed by atoms with Gasteiger partial charge in [-0.3, -0.25) is 0 Å². The summed E-state index contributed by atoms with van der Waals surface area (Å²) in [5.41, 5.74) is 4.58. The molecule has 0 amide bonds. The maximum Gasteiger partial charge on any atom is 0.103 e. The quantitative estimate of drug-likeness (QED) is 0.846. The molecule has 21 heavy (non-hydrogen) atoms. The highest BCUT2D eigenvalue weighted by molar-refractivity contribution is 5.36. The molecule has 0 aliphatic carbocycles. The molecule has 1 heterocycles. The fraction of sp³-hybridized carbons (Fsp3) is 0.529. The lowest BCUT2D eigenvalue weighted by atomic mass is 10.1. The first kappa shape index (κ1) is 15.7. The van der Waals surface area contributed by atoms with Gasteiger partial charge in [-0.25, -0.2) is 4.68 Å². The van der Waals surface area contributed by atoms with Gasteiger partial charge in [0.1, 0.15) is 5.69 Å². The molecule has 2 rings (SSSR count). The number of aromatic nitrogens is 3. The van der Waals surface area contributed by atoms with Crippen LogP contribution in [0.5, 0.6) is 0 Å². The third-order valence-electron chi connectivity index (χ3n) is 3.76. The molecular weight excluding hydrogens is 260 g/mol. The van der Waals surface area contributed by atoms with Crippen molar-refractivity contribution >= 4 is 0 Å². The summed E-state index contributed by atoms with van der Waals surface area (Å²) in [4.78, 5) is 0. The summed E-state index contributed by atoms with van der Waals surface area (Å²) in [6.07, 6.45) is 3.42. The molecule has 4 nitrogen and oxygen atoms in total. The fourth-order valence-corrected chi connectivity index (χ4v) is 2.54. The topological polar surface area (TPSA) is 42.7 Å². The zero-order valence-corrected chi connectivity index (χ0v) is 13.6. The van der Waals surface area contributed by atoms with E-state index in [0.717, 1.165) is 36.5 Å². The van der Waals surface area contributed by atoms with Gasteiger partial charge in [-0.05, 0) is 50.9 Å². The number of hydrogen-bond acceptors (Lipinski definition) is 3. The van der Waals surface area contributed by atoms with Gasteiger partial charge in [0.05, 0.1) is 17.4 Å². The Hall–Kier alpha value is -1.68. The molecule has 1 atom stereocenters. The van der Waals surface area contributed by atoms with Crippen molar-refractivity contribution in [3.05, 3.63) is 41.2 Å². The van der Waals surface area contributed by atoms with Gasteiger partial charge in [-0.1, -0.05) is 37.6 Å². The molecular formula is C17H26N4. The van der Waals surface area contributed by atoms with Gasteiger partial charge in [-0.15, -0.1) is 5.10 Å². The molecule has 0 saturated heterocycles. The van der Waals surface area contributed by atoms with Gasteiger partial charge in [0.15, 0.2) is 0 Å². The van der Waals surface area contributed by atoms with Crippen molar-refractivity contribution in [2.45, 2.75) is 53.0 Å². The van der Waals surface area contributed by atoms with Crippen LogP contribution < -0.4 is 5.32 Å². The summed E-state index contributed by atoms with van der Waals surface area (Å²) < 4.78 is 1.93. The number of hydrogen-bond donors (Lipinski definition) is 1. The SMILES string of the molecule is CCCNC(C)c1nnn(-c2ccc(CCC)cc2)c1C. The minimum atomic E-state index is 0.234. The second-order valence-corrected chi connectivity index (χ2v) is 5.56. The molecule has 1 aromatic carbocycles. The normalized spacial score (nSPS) is 12.6. The highest BCUT2D eigenvalue weighted by Crippen LogP contribution is 2.18. The van der Waals surface area contributed by atoms with E-state index in [-0.39, 0.29) is 6.04 Å². The molecule has 0 aliphatic heterocycles. The summed E-state index contributed by atoms with van der Waals surface area (Å²) >= 11 is 0. The zero-order valence-electron chi connectivity index (χ0n) is 13.6. The lowest BCUT2D eigenvalue weighted by Gasteiger charge is -2.11. The monoisotopic (exact) mass is 286 g/mol. The van der Waals surface area contributed by atoms with E-state index in [4.69, 9.17) is 0 Å². The Kier molecular flexibility index (Phi) is 5.51. The summed E-state index contributed by atoms with van der Waals surface area (Å²) in [7, 11) is 0. The van der Waals surface area contributed by atoms with Gasteiger partial charge in [0.25, 0.3) is 0 Å². The minimum Gasteiger partial charge on any atom is -0.309 e. The van der Waals surface area contributed by atoms with Gasteiger partial charge in [-0.2, -0.15) is 0 Å². The summed E-state index contributed by atoms with van der Waals surface area (Å²) in [5.74, 6) is 0. The van der Waals surface area contributed by atoms with E-state index in [9.17, 15) is 0 Å². The highest BCUT2D eigenvalue weighted by atomic mass is 15.4. The molecule has 2 aromatic rings. The van der Waals surface area contributed by atoms with Crippen LogP contribution in [-0.4, -0.2) is 21.5 Å². The third kappa shape index (κ3) is 3.70. The molecule has 0 aliphatic rings. The molecule has 114 valence electrons. The Morgan fingerprint density at radius 2 is 1.86 bits per heavy atom. The van der Waals surface area contributed by atoms with Crippen LogP contribution in [0.15, 0.2) is 24.3 Å². The van der Waals surface area contributed by atoms with Crippen molar-refractivity contribution < 1.29 is 0 Å². The van der Waals surface area contributed by atoms with E-state index in [1.54, 1.807) is 0 Å². The van der Waals surface area contributed by atoms with Crippen molar-refractivity contribution in [2.24, 2.45) is 0 Å². The number of rotatable bonds is 7. The van der Waals surface area contributed by atoms with Crippen LogP contribution in [-0.2, 0) is 6.42 Å². The Morgan fingerprint density at radius 1 is 1.14 bits per heavy atom. The predicted octanol–water partition coefficient (Wildman–Crippen LogP) is 3.59. The Labute approximate surface area is 127 Å². The number of aryl methyl sites for hydroxylation is 1. The van der Waals surface area contributed by atoms with Crippen molar-refractivity contribution in [3.8, 4) is 5.69 Å². The van der Waals surface area contributed by atoms with E-state index < -0.39 is 0 Å². The van der Waals surface area contributed by atoms with Crippen LogP contribution in [0.4, 0.5) is 0 Å². The molecule has 0 bridgehead atoms. The van der Waals surface area contributed by atoms with Crippen molar-refractivity contribution in [2.75, 3.05) is 6.54 Å². The lowest BCUT2D eigenvalue weighted by molar-refractivity contribution is 0.555. The summed E-state index contributed by atoms with van der Waals surface area (Å²) in [6.45, 7) is 9.59. The Bertz CT molecular complexity index is 557. The smallest absolute Gasteiger partial charge is 0.103 e. The number of nitrogens with zero attached hydrogens (tertiary/aromatic N) is 3. The van der Waals surface area contributed by atoms with E-state index in [2.05, 4.69) is 67.6 Å². The average Bonchev–Trinajstić information content (AvgIpc) is 2.88. The second-order valence-electron chi connectivity index (χ2n) is 5.56. The molecule has 1 aromatic heterocycles. The summed E-state index contributed by atoms with van der Waals surface area (Å²) in [5, 5.41) is 12.1. The van der Waals surface area contributed by atoms with E-state index >= 15 is 0 Å². The number of nitrogens with one attached hydrogen (secondary N) is 1. The first-order valence-electron chi connectivity index (χ1n) is 7.92. The zero-order chi connectivity index (χ0) is 15.2. The number of benzene rings is 1. The van der Waals surface area contributed by atoms with Gasteiger partial charge < -0.3 is 5.32 Å². The average molecular weight is 286 g/mol. The van der Waals surface area contributed by atoms with Crippen LogP contribution in [0.3, 0.4) is 0 Å². The second kappa shape index (κ2) is 7.36. The first-order valence-corrected chi connectivity index (χ1v) is 7.92. The maximum absolute atomic E-state index is 4.35. The lowest BCUT2D eigenvalue weighted by Crippen LogP contribution is -2.20. The summed E-state index contributed by atoms with van der Waals surface area (Å²) in [6, 6.07) is 8.84. The maximum atomic E-state index is 4.35. The van der Waals surface area contributed by atoms with E-state index in [0.29, 0.717) is 0 Å². The molecule has 0 saturated carbocycles. The predicted molar refractivity (Wildman–Crippen MR) is 86.8 cm³/mol. The van der Waals surface area contributed by atoms with Gasteiger partial charge in [0.2, 0.25) is 0 Å². The van der Waals surface area contributed by atoms with Crippen LogP contribution in [0.2, 0.25) is 0 Å². The molecule has 4 heteroatoms. The molecule has 0 radical (unpaired) electrons. The minimum absolute atomic E-state index is 0.234. The van der Waals surface area contributed by atoms with Crippen molar-refractivity contribution in [3.63, 3.8) is 0 Å². The van der Waals surface area contributed by atoms with Crippen LogP contribution >= 0.6 is 0 Å². The van der Waals surface area contributed by atoms with Crippen LogP contribution in [0, 0.1) is 6.92 Å². The van der Waals surface area contributed by atoms with Gasteiger partial charge >= 0.3 is 0 Å². The molecule has 0 fully saturated rings. The standard InChI is InChI=1S/C17H26N4/c1-5-7-15-8-10-16(11-9-15)21-14(4)17(19-20-21)13(3)18-12-6-2/h8-11,13,18H,5-7,12H2,1-4H3. The van der Waals surface area contributed by atoms with E-state index in [1.807, 2.05) is 4.68 Å². The van der Waals surface area contributed by atoms with E-state index in [1.165, 1.54) is 12.0 Å². The van der Waals surface area contributed by atoms with Crippen LogP contribution in [0.1, 0.15) is 56.6 Å². The highest BCUT2D eigenvalue weighted by Gasteiger charge is 2.15.